The summed E-state index contributed by atoms with van der Waals surface area (Å²) in [5, 5.41) is 2.22. The van der Waals surface area contributed by atoms with E-state index < -0.39 is 13.8 Å². The molecule has 0 aliphatic heterocycles. The van der Waals surface area contributed by atoms with Gasteiger partial charge in [0.05, 0.1) is 0 Å². The van der Waals surface area contributed by atoms with Crippen molar-refractivity contribution < 1.29 is 0 Å². The van der Waals surface area contributed by atoms with Gasteiger partial charge in [-0.3, -0.25) is 0 Å². The predicted molar refractivity (Wildman–Crippen MR) is 60.8 cm³/mol. The van der Waals surface area contributed by atoms with Crippen molar-refractivity contribution in [2.45, 2.75) is 8.94 Å². The standard InChI is InChI=1S/C4H8Br4Te/c5-1-3-9(7,8)4-2-6/h1-4H2. The van der Waals surface area contributed by atoms with E-state index in [1.54, 1.807) is 0 Å². The summed E-state index contributed by atoms with van der Waals surface area (Å²) in [7, 11) is 0. The van der Waals surface area contributed by atoms with Gasteiger partial charge in [0.2, 0.25) is 0 Å². The van der Waals surface area contributed by atoms with Gasteiger partial charge < -0.3 is 0 Å². The number of rotatable bonds is 4. The quantitative estimate of drug-likeness (QED) is 0.402. The molecule has 0 nitrogen and oxygen atoms in total. The van der Waals surface area contributed by atoms with E-state index >= 15 is 0 Å². The zero-order valence-electron chi connectivity index (χ0n) is 4.75. The maximum absolute atomic E-state index is 3.75. The minimum atomic E-state index is -1.65. The zero-order chi connectivity index (χ0) is 7.33. The fourth-order valence-corrected chi connectivity index (χ4v) is 25.6. The molecule has 58 valence electrons. The van der Waals surface area contributed by atoms with Crippen molar-refractivity contribution in [2.75, 3.05) is 10.7 Å². The van der Waals surface area contributed by atoms with Crippen LogP contribution in [0.5, 0.6) is 0 Å². The Morgan fingerprint density at radius 3 is 1.44 bits per heavy atom. The van der Waals surface area contributed by atoms with Crippen LogP contribution in [-0.2, 0) is 0 Å². The summed E-state index contributed by atoms with van der Waals surface area (Å²) in [5.74, 6) is 0. The summed E-state index contributed by atoms with van der Waals surface area (Å²) in [6.45, 7) is 0. The molecule has 0 amide bonds. The summed E-state index contributed by atoms with van der Waals surface area (Å²) < 4.78 is 2.57. The SMILES string of the molecule is BrCC[Te](Br)(Br)CCBr. The molecule has 0 aliphatic rings. The first-order chi connectivity index (χ1) is 4.12. The van der Waals surface area contributed by atoms with Gasteiger partial charge in [-0.25, -0.2) is 0 Å². The van der Waals surface area contributed by atoms with E-state index in [1.807, 2.05) is 0 Å². The molecule has 0 bridgehead atoms. The van der Waals surface area contributed by atoms with Gasteiger partial charge >= 0.3 is 90.7 Å². The summed E-state index contributed by atoms with van der Waals surface area (Å²) in [6.07, 6.45) is 0. The average Bonchev–Trinajstić information content (AvgIpc) is 1.64. The number of halogens is 4. The van der Waals surface area contributed by atoms with E-state index in [4.69, 9.17) is 0 Å². The molecule has 0 atom stereocenters. The summed E-state index contributed by atoms with van der Waals surface area (Å²) in [4.78, 5) is 0. The minimum absolute atomic E-state index is 1.11. The van der Waals surface area contributed by atoms with Crippen LogP contribution in [0.2, 0.25) is 8.94 Å². The Kier molecular flexibility index (Phi) is 8.13. The second-order valence-corrected chi connectivity index (χ2v) is 31.8. The Balaban J connectivity index is 3.43. The van der Waals surface area contributed by atoms with E-state index in [-0.39, 0.29) is 0 Å². The van der Waals surface area contributed by atoms with Gasteiger partial charge in [0.15, 0.2) is 0 Å². The van der Waals surface area contributed by atoms with E-state index in [2.05, 4.69) is 57.4 Å². The summed E-state index contributed by atoms with van der Waals surface area (Å²) in [6, 6.07) is 0. The maximum atomic E-state index is 3.75. The Hall–Kier alpha value is 2.71. The van der Waals surface area contributed by atoms with E-state index in [0.29, 0.717) is 0 Å². The molecule has 0 saturated carbocycles. The molecule has 0 N–H and O–H groups in total. The second kappa shape index (κ2) is 6.25. The molecule has 0 unspecified atom stereocenters. The predicted octanol–water partition coefficient (Wildman–Crippen LogP) is 4.01. The molecule has 0 saturated heterocycles. The van der Waals surface area contributed by atoms with Gasteiger partial charge in [-0.15, -0.1) is 0 Å². The van der Waals surface area contributed by atoms with Gasteiger partial charge in [0.1, 0.15) is 0 Å². The third kappa shape index (κ3) is 7.08. The molecule has 0 aromatic heterocycles. The van der Waals surface area contributed by atoms with Crippen molar-refractivity contribution in [2.24, 2.45) is 0 Å². The average molecular weight is 503 g/mol. The monoisotopic (exact) mass is 502 g/mol. The normalized spacial score (nSPS) is 13.8. The molecule has 0 aromatic carbocycles. The van der Waals surface area contributed by atoms with Crippen LogP contribution in [-0.4, -0.2) is 24.4 Å². The molecule has 0 spiro atoms. The van der Waals surface area contributed by atoms with E-state index in [0.717, 1.165) is 10.7 Å². The van der Waals surface area contributed by atoms with Crippen LogP contribution in [0.1, 0.15) is 0 Å². The first-order valence-corrected chi connectivity index (χ1v) is 18.4. The molecule has 0 rings (SSSR count). The molecular formula is C4H8Br4Te. The fourth-order valence-electron chi connectivity index (χ4n) is 0.328. The molecule has 0 aliphatic carbocycles. The first kappa shape index (κ1) is 11.7. The first-order valence-electron chi connectivity index (χ1n) is 2.42. The molecule has 5 heteroatoms. The zero-order valence-corrected chi connectivity index (χ0v) is 13.4. The third-order valence-corrected chi connectivity index (χ3v) is 18.1. The van der Waals surface area contributed by atoms with Gasteiger partial charge in [-0.05, 0) is 0 Å². The van der Waals surface area contributed by atoms with Crippen LogP contribution in [0.25, 0.3) is 0 Å². The molecule has 0 heterocycles. The molecule has 0 aromatic rings. The Labute approximate surface area is 89.2 Å². The van der Waals surface area contributed by atoms with Crippen molar-refractivity contribution in [1.82, 2.24) is 0 Å². The van der Waals surface area contributed by atoms with Crippen molar-refractivity contribution in [1.29, 1.82) is 0 Å². The number of hydrogen-bond donors (Lipinski definition) is 0. The molecular weight excluding hydrogens is 495 g/mol. The van der Waals surface area contributed by atoms with Crippen LogP contribution in [0, 0.1) is 0 Å². The van der Waals surface area contributed by atoms with Crippen molar-refractivity contribution in [3.8, 4) is 0 Å². The van der Waals surface area contributed by atoms with Gasteiger partial charge in [-0.1, -0.05) is 0 Å². The molecule has 9 heavy (non-hydrogen) atoms. The number of hydrogen-bond acceptors (Lipinski definition) is 0. The van der Waals surface area contributed by atoms with Crippen LogP contribution in [0.4, 0.5) is 0 Å². The Morgan fingerprint density at radius 1 is 0.889 bits per heavy atom. The fraction of sp³-hybridized carbons (Fsp3) is 1.00. The van der Waals surface area contributed by atoms with Gasteiger partial charge in [0.25, 0.3) is 0 Å². The molecule has 0 fully saturated rings. The van der Waals surface area contributed by atoms with Crippen molar-refractivity contribution >= 4 is 71.1 Å². The summed E-state index contributed by atoms with van der Waals surface area (Å²) >= 11 is 12.7. The van der Waals surface area contributed by atoms with Crippen molar-refractivity contribution in [3.63, 3.8) is 0 Å². The van der Waals surface area contributed by atoms with Crippen LogP contribution in [0.3, 0.4) is 0 Å². The van der Waals surface area contributed by atoms with Crippen LogP contribution >= 0.6 is 57.4 Å². The number of alkyl halides is 2. The Bertz CT molecular complexity index is 67.0. The van der Waals surface area contributed by atoms with E-state index in [9.17, 15) is 0 Å². The third-order valence-electron chi connectivity index (χ3n) is 0.752. The van der Waals surface area contributed by atoms with Crippen molar-refractivity contribution in [3.05, 3.63) is 0 Å². The topological polar surface area (TPSA) is 0 Å². The van der Waals surface area contributed by atoms with Crippen LogP contribution < -0.4 is 0 Å². The van der Waals surface area contributed by atoms with Crippen LogP contribution in [0.15, 0.2) is 0 Å². The van der Waals surface area contributed by atoms with Gasteiger partial charge in [-0.2, -0.15) is 0 Å². The summed E-state index contributed by atoms with van der Waals surface area (Å²) in [5.41, 5.74) is 0. The second-order valence-electron chi connectivity index (χ2n) is 1.49. The van der Waals surface area contributed by atoms with Gasteiger partial charge in [0, 0.05) is 0 Å². The van der Waals surface area contributed by atoms with E-state index in [1.165, 1.54) is 8.94 Å². The Morgan fingerprint density at radius 2 is 1.22 bits per heavy atom. The molecule has 0 radical (unpaired) electrons.